The maximum atomic E-state index is 8.56. The van der Waals surface area contributed by atoms with Crippen LogP contribution in [0.3, 0.4) is 0 Å². The van der Waals surface area contributed by atoms with Crippen LogP contribution in [0, 0.1) is 0 Å². The molecule has 0 aliphatic heterocycles. The Kier molecular flexibility index (Phi) is 59.9. The summed E-state index contributed by atoms with van der Waals surface area (Å²) in [7, 11) is 0. The summed E-state index contributed by atoms with van der Waals surface area (Å²) >= 11 is 0. The van der Waals surface area contributed by atoms with E-state index in [2.05, 4.69) is 0 Å². The Morgan fingerprint density at radius 1 is 1.14 bits per heavy atom. The third-order valence-corrected chi connectivity index (χ3v) is 0. The van der Waals surface area contributed by atoms with Crippen molar-refractivity contribution in [1.82, 2.24) is 0 Å². The second kappa shape index (κ2) is 16.1. The van der Waals surface area contributed by atoms with Gasteiger partial charge in [-0.2, -0.15) is 0 Å². The van der Waals surface area contributed by atoms with Gasteiger partial charge in [0.05, 0.1) is 0 Å². The van der Waals surface area contributed by atoms with Gasteiger partial charge in [-0.15, -0.1) is 0 Å². The number of carbonyl (C=O) groups is 1. The molecule has 0 atom stereocenters. The fourth-order valence-corrected chi connectivity index (χ4v) is 0. The molecule has 0 unspecified atom stereocenters. The fourth-order valence-electron chi connectivity index (χ4n) is 0. The summed E-state index contributed by atoms with van der Waals surface area (Å²) < 4.78 is 0. The normalized spacial score (nSPS) is 3.43. The SMILES string of the molecule is O=C(O)O.[Ca+2].[NH2-].[NH2-]. The molecule has 0 fully saturated rings. The van der Waals surface area contributed by atoms with Gasteiger partial charge in [0.1, 0.15) is 0 Å². The fraction of sp³-hybridized carbons (Fsp3) is 0. The van der Waals surface area contributed by atoms with Gasteiger partial charge in [0, 0.05) is 0 Å². The van der Waals surface area contributed by atoms with Crippen molar-refractivity contribution in [3.8, 4) is 0 Å². The van der Waals surface area contributed by atoms with Crippen molar-refractivity contribution in [3.63, 3.8) is 0 Å². The maximum absolute atomic E-state index is 8.56. The van der Waals surface area contributed by atoms with Gasteiger partial charge in [-0.25, -0.2) is 4.79 Å². The van der Waals surface area contributed by atoms with Gasteiger partial charge in [0.25, 0.3) is 0 Å². The van der Waals surface area contributed by atoms with Crippen LogP contribution in [0.4, 0.5) is 4.79 Å². The summed E-state index contributed by atoms with van der Waals surface area (Å²) in [6.45, 7) is 0. The van der Waals surface area contributed by atoms with Gasteiger partial charge in [-0.1, -0.05) is 0 Å². The molecule has 0 rings (SSSR count). The molecule has 0 aromatic carbocycles. The van der Waals surface area contributed by atoms with E-state index in [-0.39, 0.29) is 50.0 Å². The number of carboxylic acid groups (broad SMARTS) is 2. The molecule has 0 aliphatic rings. The Bertz CT molecular complexity index is 35.9. The van der Waals surface area contributed by atoms with E-state index < -0.39 is 6.16 Å². The summed E-state index contributed by atoms with van der Waals surface area (Å²) in [5.41, 5.74) is 0. The topological polar surface area (TPSA) is 125 Å². The first-order valence-electron chi connectivity index (χ1n) is 0.651. The summed E-state index contributed by atoms with van der Waals surface area (Å²) in [5, 5.41) is 13.9. The van der Waals surface area contributed by atoms with Crippen molar-refractivity contribution < 1.29 is 15.0 Å². The van der Waals surface area contributed by atoms with E-state index in [0.29, 0.717) is 0 Å². The van der Waals surface area contributed by atoms with Gasteiger partial charge in [-0.3, -0.25) is 0 Å². The van der Waals surface area contributed by atoms with E-state index in [9.17, 15) is 0 Å². The second-order valence-electron chi connectivity index (χ2n) is 0.283. The Balaban J connectivity index is -0.0000000150. The Hall–Kier alpha value is 0.450. The van der Waals surface area contributed by atoms with Crippen LogP contribution in [-0.4, -0.2) is 54.1 Å². The minimum atomic E-state index is -1.83. The van der Waals surface area contributed by atoms with Gasteiger partial charge in [0.15, 0.2) is 0 Å². The quantitative estimate of drug-likeness (QED) is 0.484. The minimum Gasteiger partial charge on any atom is -0.693 e. The van der Waals surface area contributed by atoms with E-state index in [4.69, 9.17) is 15.0 Å². The predicted octanol–water partition coefficient (Wildman–Crippen LogP) is 1.28. The first-order chi connectivity index (χ1) is 1.73. The van der Waals surface area contributed by atoms with Gasteiger partial charge in [0.2, 0.25) is 0 Å². The summed E-state index contributed by atoms with van der Waals surface area (Å²) in [6.07, 6.45) is -1.83. The van der Waals surface area contributed by atoms with E-state index >= 15 is 0 Å². The van der Waals surface area contributed by atoms with Crippen LogP contribution >= 0.6 is 0 Å². The van der Waals surface area contributed by atoms with Crippen LogP contribution in [0.1, 0.15) is 0 Å². The van der Waals surface area contributed by atoms with Crippen LogP contribution in [-0.2, 0) is 0 Å². The molecule has 0 bridgehead atoms. The zero-order chi connectivity index (χ0) is 3.58. The smallest absolute Gasteiger partial charge is 0.693 e. The first kappa shape index (κ1) is 26.0. The average Bonchev–Trinajstić information content (AvgIpc) is 0.811. The third-order valence-electron chi connectivity index (χ3n) is 0. The zero-order valence-corrected chi connectivity index (χ0v) is 5.87. The summed E-state index contributed by atoms with van der Waals surface area (Å²) in [6, 6.07) is 0. The average molecular weight is 134 g/mol. The van der Waals surface area contributed by atoms with Crippen molar-refractivity contribution in [2.24, 2.45) is 0 Å². The minimum absolute atomic E-state index is 0. The Labute approximate surface area is 70.9 Å². The van der Waals surface area contributed by atoms with Crippen molar-refractivity contribution in [2.45, 2.75) is 0 Å². The van der Waals surface area contributed by atoms with Crippen LogP contribution in [0.2, 0.25) is 0 Å². The molecule has 7 heavy (non-hydrogen) atoms. The monoisotopic (exact) mass is 134 g/mol. The third kappa shape index (κ3) is 631. The molecule has 40 valence electrons. The van der Waals surface area contributed by atoms with Crippen LogP contribution in [0.25, 0.3) is 12.3 Å². The second-order valence-corrected chi connectivity index (χ2v) is 0.283. The van der Waals surface area contributed by atoms with Crippen LogP contribution in [0.5, 0.6) is 0 Å². The maximum Gasteiger partial charge on any atom is 2.00 e. The zero-order valence-electron chi connectivity index (χ0n) is 3.66. The van der Waals surface area contributed by atoms with E-state index in [1.165, 1.54) is 0 Å². The predicted molar refractivity (Wildman–Crippen MR) is 27.0 cm³/mol. The van der Waals surface area contributed by atoms with Crippen molar-refractivity contribution >= 4 is 43.9 Å². The van der Waals surface area contributed by atoms with Crippen molar-refractivity contribution in [2.75, 3.05) is 0 Å². The molecule has 0 aromatic heterocycles. The van der Waals surface area contributed by atoms with Crippen LogP contribution in [0.15, 0.2) is 0 Å². The van der Waals surface area contributed by atoms with Gasteiger partial charge >= 0.3 is 43.9 Å². The van der Waals surface area contributed by atoms with Crippen molar-refractivity contribution in [3.05, 3.63) is 12.3 Å². The molecule has 6 N–H and O–H groups in total. The first-order valence-corrected chi connectivity index (χ1v) is 0.651. The number of hydrogen-bond donors (Lipinski definition) is 2. The molecule has 0 aromatic rings. The molecule has 0 heterocycles. The van der Waals surface area contributed by atoms with Crippen molar-refractivity contribution in [1.29, 1.82) is 0 Å². The molecule has 0 spiro atoms. The van der Waals surface area contributed by atoms with Gasteiger partial charge in [-0.05, 0) is 0 Å². The molecule has 0 saturated carbocycles. The van der Waals surface area contributed by atoms with Crippen LogP contribution < -0.4 is 0 Å². The Morgan fingerprint density at radius 3 is 1.14 bits per heavy atom. The number of nitrogens with two attached hydrogens (primary N) is 2. The largest absolute Gasteiger partial charge is 2.00 e. The van der Waals surface area contributed by atoms with E-state index in [0.717, 1.165) is 0 Å². The molecule has 0 radical (unpaired) electrons. The number of rotatable bonds is 0. The molecular weight excluding hydrogens is 128 g/mol. The standard InChI is InChI=1S/CH2O3.Ca.2H2N/c2-1(3)4;;;/h(H2,2,3,4);;2*1H2/q;+2;2*-1. The number of hydrogen-bond acceptors (Lipinski definition) is 1. The molecular formula is CH6CaN2O3. The van der Waals surface area contributed by atoms with E-state index in [1.807, 2.05) is 0 Å². The summed E-state index contributed by atoms with van der Waals surface area (Å²) in [5.74, 6) is 0. The molecule has 5 nitrogen and oxygen atoms in total. The molecule has 6 heteroatoms. The van der Waals surface area contributed by atoms with Gasteiger partial charge < -0.3 is 22.5 Å². The van der Waals surface area contributed by atoms with E-state index in [1.54, 1.807) is 0 Å². The molecule has 0 aliphatic carbocycles. The summed E-state index contributed by atoms with van der Waals surface area (Å²) in [4.78, 5) is 8.56. The Morgan fingerprint density at radius 2 is 1.14 bits per heavy atom. The molecule has 0 amide bonds. The molecule has 0 saturated heterocycles.